The lowest BCUT2D eigenvalue weighted by atomic mass is 10.2. The van der Waals surface area contributed by atoms with E-state index in [9.17, 15) is 4.79 Å². The minimum absolute atomic E-state index is 0.263. The number of furan rings is 1. The second kappa shape index (κ2) is 3.99. The van der Waals surface area contributed by atoms with Gasteiger partial charge in [0.15, 0.2) is 11.4 Å². The monoisotopic (exact) mass is 242 g/mol. The fourth-order valence-electron chi connectivity index (χ4n) is 1.69. The van der Waals surface area contributed by atoms with Gasteiger partial charge >= 0.3 is 0 Å². The predicted molar refractivity (Wildman–Crippen MR) is 65.3 cm³/mol. The molecule has 90 valence electrons. The van der Waals surface area contributed by atoms with Crippen molar-refractivity contribution < 1.29 is 9.21 Å². The Balaban J connectivity index is 1.91. The Labute approximate surface area is 102 Å². The number of carbonyl (C=O) groups is 1. The van der Waals surface area contributed by atoms with E-state index in [1.165, 1.54) is 6.26 Å². The molecule has 0 saturated heterocycles. The fourth-order valence-corrected chi connectivity index (χ4v) is 1.69. The molecular formula is C12H10N4O2. The van der Waals surface area contributed by atoms with Crippen molar-refractivity contribution >= 4 is 22.6 Å². The van der Waals surface area contributed by atoms with Crippen LogP contribution in [0.2, 0.25) is 0 Å². The maximum absolute atomic E-state index is 11.8. The molecule has 0 radical (unpaired) electrons. The van der Waals surface area contributed by atoms with Crippen molar-refractivity contribution in [2.24, 2.45) is 0 Å². The highest BCUT2D eigenvalue weighted by atomic mass is 16.3. The number of carbonyl (C=O) groups excluding carboxylic acids is 1. The molecule has 6 heteroatoms. The summed E-state index contributed by atoms with van der Waals surface area (Å²) in [6.45, 7) is 1.90. The van der Waals surface area contributed by atoms with Crippen LogP contribution in [0.4, 0.5) is 5.69 Å². The third kappa shape index (κ3) is 1.73. The summed E-state index contributed by atoms with van der Waals surface area (Å²) in [4.78, 5) is 15.9. The molecular weight excluding hydrogens is 232 g/mol. The Morgan fingerprint density at radius 2 is 2.39 bits per heavy atom. The number of anilines is 1. The maximum Gasteiger partial charge on any atom is 0.291 e. The summed E-state index contributed by atoms with van der Waals surface area (Å²) >= 11 is 0. The molecule has 3 heterocycles. The van der Waals surface area contributed by atoms with Crippen LogP contribution in [0, 0.1) is 6.92 Å². The number of amides is 1. The molecule has 3 rings (SSSR count). The van der Waals surface area contributed by atoms with Crippen LogP contribution in [0.3, 0.4) is 0 Å². The van der Waals surface area contributed by atoms with E-state index in [1.54, 1.807) is 18.3 Å². The Morgan fingerprint density at radius 3 is 3.17 bits per heavy atom. The van der Waals surface area contributed by atoms with Gasteiger partial charge in [-0.05, 0) is 25.1 Å². The van der Waals surface area contributed by atoms with Gasteiger partial charge in [0, 0.05) is 11.1 Å². The highest BCUT2D eigenvalue weighted by molar-refractivity contribution is 6.02. The minimum Gasteiger partial charge on any atom is -0.459 e. The maximum atomic E-state index is 11.8. The van der Waals surface area contributed by atoms with Crippen LogP contribution in [0.5, 0.6) is 0 Å². The highest BCUT2D eigenvalue weighted by Crippen LogP contribution is 2.18. The molecule has 1 amide bonds. The van der Waals surface area contributed by atoms with Crippen LogP contribution in [-0.4, -0.2) is 21.1 Å². The van der Waals surface area contributed by atoms with E-state index in [4.69, 9.17) is 4.42 Å². The zero-order valence-corrected chi connectivity index (χ0v) is 9.60. The van der Waals surface area contributed by atoms with Gasteiger partial charge in [-0.1, -0.05) is 0 Å². The SMILES string of the molecule is Cc1[nH]nc2ncc(NC(=O)c3ccco3)cc12. The molecule has 0 aliphatic heterocycles. The number of hydrogen-bond acceptors (Lipinski definition) is 4. The van der Waals surface area contributed by atoms with Crippen molar-refractivity contribution in [1.29, 1.82) is 0 Å². The van der Waals surface area contributed by atoms with Crippen LogP contribution < -0.4 is 5.32 Å². The van der Waals surface area contributed by atoms with Gasteiger partial charge < -0.3 is 9.73 Å². The first-order chi connectivity index (χ1) is 8.74. The zero-order valence-electron chi connectivity index (χ0n) is 9.60. The number of rotatable bonds is 2. The zero-order chi connectivity index (χ0) is 12.5. The van der Waals surface area contributed by atoms with E-state index in [-0.39, 0.29) is 11.7 Å². The van der Waals surface area contributed by atoms with Crippen LogP contribution in [0.25, 0.3) is 11.0 Å². The van der Waals surface area contributed by atoms with E-state index in [0.29, 0.717) is 11.3 Å². The molecule has 0 unspecified atom stereocenters. The summed E-state index contributed by atoms with van der Waals surface area (Å²) in [6, 6.07) is 5.09. The Kier molecular flexibility index (Phi) is 2.33. The average Bonchev–Trinajstić information content (AvgIpc) is 3.00. The number of nitrogens with zero attached hydrogens (tertiary/aromatic N) is 2. The molecule has 0 spiro atoms. The largest absolute Gasteiger partial charge is 0.459 e. The highest BCUT2D eigenvalue weighted by Gasteiger charge is 2.10. The van der Waals surface area contributed by atoms with Gasteiger partial charge in [0.25, 0.3) is 5.91 Å². The first kappa shape index (κ1) is 10.5. The lowest BCUT2D eigenvalue weighted by Crippen LogP contribution is -2.10. The molecule has 3 aromatic rings. The van der Waals surface area contributed by atoms with Crippen LogP contribution in [-0.2, 0) is 0 Å². The number of pyridine rings is 1. The van der Waals surface area contributed by atoms with Gasteiger partial charge in [-0.25, -0.2) is 4.98 Å². The first-order valence-corrected chi connectivity index (χ1v) is 5.39. The quantitative estimate of drug-likeness (QED) is 0.720. The molecule has 2 N–H and O–H groups in total. The van der Waals surface area contributed by atoms with E-state index < -0.39 is 0 Å². The fraction of sp³-hybridized carbons (Fsp3) is 0.0833. The van der Waals surface area contributed by atoms with Crippen molar-refractivity contribution in [2.45, 2.75) is 6.92 Å². The molecule has 0 atom stereocenters. The summed E-state index contributed by atoms with van der Waals surface area (Å²) in [7, 11) is 0. The van der Waals surface area contributed by atoms with Crippen molar-refractivity contribution in [1.82, 2.24) is 15.2 Å². The average molecular weight is 242 g/mol. The van der Waals surface area contributed by atoms with Gasteiger partial charge in [0.05, 0.1) is 18.1 Å². The summed E-state index contributed by atoms with van der Waals surface area (Å²) in [5.41, 5.74) is 2.14. The number of aromatic nitrogens is 3. The topological polar surface area (TPSA) is 83.8 Å². The number of fused-ring (bicyclic) bond motifs is 1. The van der Waals surface area contributed by atoms with Crippen molar-refractivity contribution in [3.63, 3.8) is 0 Å². The normalized spacial score (nSPS) is 10.7. The van der Waals surface area contributed by atoms with Crippen LogP contribution in [0.1, 0.15) is 16.2 Å². The second-order valence-corrected chi connectivity index (χ2v) is 3.88. The number of aryl methyl sites for hydroxylation is 1. The molecule has 0 aromatic carbocycles. The summed E-state index contributed by atoms with van der Waals surface area (Å²) < 4.78 is 5.01. The molecule has 0 saturated carbocycles. The molecule has 18 heavy (non-hydrogen) atoms. The first-order valence-electron chi connectivity index (χ1n) is 5.39. The molecule has 0 aliphatic carbocycles. The Morgan fingerprint density at radius 1 is 1.50 bits per heavy atom. The number of hydrogen-bond donors (Lipinski definition) is 2. The second-order valence-electron chi connectivity index (χ2n) is 3.88. The number of H-pyrrole nitrogens is 1. The Bertz CT molecular complexity index is 700. The lowest BCUT2D eigenvalue weighted by molar-refractivity contribution is 0.0996. The molecule has 0 fully saturated rings. The third-order valence-corrected chi connectivity index (χ3v) is 2.60. The van der Waals surface area contributed by atoms with Gasteiger partial charge in [-0.3, -0.25) is 9.89 Å². The van der Waals surface area contributed by atoms with E-state index >= 15 is 0 Å². The van der Waals surface area contributed by atoms with Crippen LogP contribution in [0.15, 0.2) is 35.1 Å². The molecule has 6 nitrogen and oxygen atoms in total. The summed E-state index contributed by atoms with van der Waals surface area (Å²) in [6.07, 6.45) is 3.01. The van der Waals surface area contributed by atoms with Gasteiger partial charge in [-0.2, -0.15) is 5.10 Å². The van der Waals surface area contributed by atoms with Crippen LogP contribution >= 0.6 is 0 Å². The third-order valence-electron chi connectivity index (χ3n) is 2.60. The number of nitrogens with one attached hydrogen (secondary N) is 2. The smallest absolute Gasteiger partial charge is 0.291 e. The van der Waals surface area contributed by atoms with E-state index in [2.05, 4.69) is 20.5 Å². The van der Waals surface area contributed by atoms with Crippen molar-refractivity contribution in [3.05, 3.63) is 42.1 Å². The number of aromatic amines is 1. The van der Waals surface area contributed by atoms with Gasteiger partial charge in [0.1, 0.15) is 0 Å². The predicted octanol–water partition coefficient (Wildman–Crippen LogP) is 2.11. The minimum atomic E-state index is -0.303. The summed E-state index contributed by atoms with van der Waals surface area (Å²) in [5.74, 6) is -0.0405. The van der Waals surface area contributed by atoms with E-state index in [1.807, 2.05) is 13.0 Å². The standard InChI is InChI=1S/C12H10N4O2/c1-7-9-5-8(6-13-11(9)16-15-7)14-12(17)10-3-2-4-18-10/h2-6H,1H3,(H,14,17)(H,13,15,16). The van der Waals surface area contributed by atoms with Crippen molar-refractivity contribution in [3.8, 4) is 0 Å². The summed E-state index contributed by atoms with van der Waals surface area (Å²) in [5, 5.41) is 10.5. The molecule has 0 aliphatic rings. The lowest BCUT2D eigenvalue weighted by Gasteiger charge is -2.02. The Hall–Kier alpha value is -2.63. The van der Waals surface area contributed by atoms with E-state index in [0.717, 1.165) is 11.1 Å². The van der Waals surface area contributed by atoms with Gasteiger partial charge in [-0.15, -0.1) is 0 Å². The molecule has 0 bridgehead atoms. The van der Waals surface area contributed by atoms with Crippen molar-refractivity contribution in [2.75, 3.05) is 5.32 Å². The molecule has 3 aromatic heterocycles. The van der Waals surface area contributed by atoms with Gasteiger partial charge in [0.2, 0.25) is 0 Å².